The molecule has 0 fully saturated rings. The third-order valence-electron chi connectivity index (χ3n) is 4.47. The molecule has 1 atom stereocenters. The van der Waals surface area contributed by atoms with Gasteiger partial charge in [0.05, 0.1) is 7.11 Å². The number of fused-ring (bicyclic) bond motifs is 1. The Kier molecular flexibility index (Phi) is 6.43. The summed E-state index contributed by atoms with van der Waals surface area (Å²) in [6.45, 7) is 3.98. The molecule has 2 aromatic heterocycles. The molecule has 0 saturated carbocycles. The van der Waals surface area contributed by atoms with E-state index in [-0.39, 0.29) is 11.8 Å². The molecule has 0 saturated heterocycles. The monoisotopic (exact) mass is 395 g/mol. The first kappa shape index (κ1) is 20.3. The summed E-state index contributed by atoms with van der Waals surface area (Å²) in [6.07, 6.45) is 2.45. The Hall–Kier alpha value is -3.42. The number of nitrogens with zero attached hydrogens (tertiary/aromatic N) is 3. The number of aromatic nitrogens is 3. The molecular weight excluding hydrogens is 370 g/mol. The average molecular weight is 395 g/mol. The number of benzene rings is 1. The molecule has 3 aromatic rings. The summed E-state index contributed by atoms with van der Waals surface area (Å²) in [6, 6.07) is 12.6. The van der Waals surface area contributed by atoms with Gasteiger partial charge in [0.15, 0.2) is 5.65 Å². The Morgan fingerprint density at radius 2 is 1.86 bits per heavy atom. The lowest BCUT2D eigenvalue weighted by Gasteiger charge is -2.19. The van der Waals surface area contributed by atoms with E-state index in [2.05, 4.69) is 25.6 Å². The highest BCUT2D eigenvalue weighted by Crippen LogP contribution is 2.15. The standard InChI is InChI=1S/C21H25N5O3/c1-14(2)12-17(23-21(28)29-3)20(27)22-16-9-7-15(8-10-16)13-19-25-24-18-6-4-5-11-26(18)19/h4-11,14,17H,12-13H2,1-3H3,(H,22,27)(H,23,28)/t17-/m1/s1. The molecule has 152 valence electrons. The van der Waals surface area contributed by atoms with Gasteiger partial charge in [-0.05, 0) is 42.2 Å². The van der Waals surface area contributed by atoms with Crippen LogP contribution in [0.4, 0.5) is 10.5 Å². The van der Waals surface area contributed by atoms with Crippen LogP contribution >= 0.6 is 0 Å². The summed E-state index contributed by atoms with van der Waals surface area (Å²) >= 11 is 0. The van der Waals surface area contributed by atoms with E-state index in [1.165, 1.54) is 7.11 Å². The normalized spacial score (nSPS) is 12.0. The first-order valence-corrected chi connectivity index (χ1v) is 9.49. The van der Waals surface area contributed by atoms with Gasteiger partial charge in [0.2, 0.25) is 5.91 Å². The van der Waals surface area contributed by atoms with Crippen molar-refractivity contribution in [2.24, 2.45) is 5.92 Å². The SMILES string of the molecule is COC(=O)N[C@H](CC(C)C)C(=O)Nc1ccc(Cc2nnc3ccccn23)cc1. The predicted molar refractivity (Wildman–Crippen MR) is 110 cm³/mol. The molecule has 3 rings (SSSR count). The van der Waals surface area contributed by atoms with Gasteiger partial charge in [-0.1, -0.05) is 32.0 Å². The number of pyridine rings is 1. The minimum Gasteiger partial charge on any atom is -0.453 e. The number of hydrogen-bond donors (Lipinski definition) is 2. The summed E-state index contributed by atoms with van der Waals surface area (Å²) < 4.78 is 6.56. The van der Waals surface area contributed by atoms with E-state index < -0.39 is 12.1 Å². The van der Waals surface area contributed by atoms with Crippen molar-refractivity contribution in [1.29, 1.82) is 0 Å². The van der Waals surface area contributed by atoms with Crippen molar-refractivity contribution in [3.8, 4) is 0 Å². The minimum absolute atomic E-state index is 0.239. The van der Waals surface area contributed by atoms with E-state index in [0.29, 0.717) is 18.5 Å². The summed E-state index contributed by atoms with van der Waals surface area (Å²) in [5, 5.41) is 13.8. The van der Waals surface area contributed by atoms with Crippen LogP contribution in [0.25, 0.3) is 5.65 Å². The van der Waals surface area contributed by atoms with Gasteiger partial charge in [0.1, 0.15) is 11.9 Å². The Morgan fingerprint density at radius 1 is 1.10 bits per heavy atom. The van der Waals surface area contributed by atoms with Crippen LogP contribution in [0, 0.1) is 5.92 Å². The molecule has 2 amide bonds. The fourth-order valence-corrected chi connectivity index (χ4v) is 3.03. The summed E-state index contributed by atoms with van der Waals surface area (Å²) in [7, 11) is 1.27. The van der Waals surface area contributed by atoms with Crippen LogP contribution in [0.1, 0.15) is 31.7 Å². The first-order valence-electron chi connectivity index (χ1n) is 9.49. The largest absolute Gasteiger partial charge is 0.453 e. The fraction of sp³-hybridized carbons (Fsp3) is 0.333. The number of carbonyl (C=O) groups excluding carboxylic acids is 2. The Labute approximate surface area is 169 Å². The van der Waals surface area contributed by atoms with E-state index in [9.17, 15) is 9.59 Å². The van der Waals surface area contributed by atoms with Gasteiger partial charge < -0.3 is 15.4 Å². The highest BCUT2D eigenvalue weighted by atomic mass is 16.5. The lowest BCUT2D eigenvalue weighted by Crippen LogP contribution is -2.44. The number of amides is 2. The van der Waals surface area contributed by atoms with Crippen LogP contribution in [0.3, 0.4) is 0 Å². The molecule has 0 radical (unpaired) electrons. The number of alkyl carbamates (subject to hydrolysis) is 1. The van der Waals surface area contributed by atoms with Gasteiger partial charge in [-0.25, -0.2) is 4.79 Å². The Balaban J connectivity index is 1.65. The number of rotatable bonds is 7. The maximum absolute atomic E-state index is 12.6. The second kappa shape index (κ2) is 9.18. The zero-order chi connectivity index (χ0) is 20.8. The topological polar surface area (TPSA) is 97.6 Å². The molecular formula is C21H25N5O3. The van der Waals surface area contributed by atoms with Crippen molar-refractivity contribution < 1.29 is 14.3 Å². The zero-order valence-electron chi connectivity index (χ0n) is 16.8. The maximum atomic E-state index is 12.6. The van der Waals surface area contributed by atoms with E-state index in [1.54, 1.807) is 0 Å². The maximum Gasteiger partial charge on any atom is 0.407 e. The summed E-state index contributed by atoms with van der Waals surface area (Å²) in [4.78, 5) is 24.1. The quantitative estimate of drug-likeness (QED) is 0.641. The first-order chi connectivity index (χ1) is 14.0. The van der Waals surface area contributed by atoms with Gasteiger partial charge in [0.25, 0.3) is 0 Å². The van der Waals surface area contributed by atoms with Crippen LogP contribution in [-0.2, 0) is 16.0 Å². The van der Waals surface area contributed by atoms with Crippen molar-refractivity contribution in [1.82, 2.24) is 19.9 Å². The van der Waals surface area contributed by atoms with Crippen LogP contribution < -0.4 is 10.6 Å². The molecule has 0 aliphatic heterocycles. The van der Waals surface area contributed by atoms with Crippen LogP contribution in [0.2, 0.25) is 0 Å². The van der Waals surface area contributed by atoms with Crippen molar-refractivity contribution in [3.05, 3.63) is 60.0 Å². The third kappa shape index (κ3) is 5.31. The Morgan fingerprint density at radius 3 is 2.55 bits per heavy atom. The molecule has 0 spiro atoms. The van der Waals surface area contributed by atoms with Crippen LogP contribution in [0.15, 0.2) is 48.7 Å². The van der Waals surface area contributed by atoms with E-state index in [0.717, 1.165) is 17.0 Å². The van der Waals surface area contributed by atoms with Gasteiger partial charge >= 0.3 is 6.09 Å². The Bertz CT molecular complexity index is 981. The molecule has 2 heterocycles. The molecule has 2 N–H and O–H groups in total. The van der Waals surface area contributed by atoms with Crippen molar-refractivity contribution in [2.75, 3.05) is 12.4 Å². The van der Waals surface area contributed by atoms with Crippen molar-refractivity contribution in [3.63, 3.8) is 0 Å². The lowest BCUT2D eigenvalue weighted by molar-refractivity contribution is -0.118. The molecule has 0 bridgehead atoms. The average Bonchev–Trinajstić information content (AvgIpc) is 3.11. The van der Waals surface area contributed by atoms with Crippen LogP contribution in [-0.4, -0.2) is 39.8 Å². The second-order valence-corrected chi connectivity index (χ2v) is 7.23. The number of carbonyl (C=O) groups is 2. The van der Waals surface area contributed by atoms with Crippen molar-refractivity contribution >= 4 is 23.3 Å². The number of ether oxygens (including phenoxy) is 1. The van der Waals surface area contributed by atoms with Crippen LogP contribution in [0.5, 0.6) is 0 Å². The lowest BCUT2D eigenvalue weighted by atomic mass is 10.0. The number of nitrogens with one attached hydrogen (secondary N) is 2. The molecule has 8 nitrogen and oxygen atoms in total. The molecule has 0 aliphatic rings. The molecule has 0 aliphatic carbocycles. The molecule has 0 unspecified atom stereocenters. The predicted octanol–water partition coefficient (Wildman–Crippen LogP) is 3.03. The highest BCUT2D eigenvalue weighted by molar-refractivity contribution is 5.96. The number of anilines is 1. The summed E-state index contributed by atoms with van der Waals surface area (Å²) in [5.41, 5.74) is 2.51. The molecule has 29 heavy (non-hydrogen) atoms. The smallest absolute Gasteiger partial charge is 0.407 e. The van der Waals surface area contributed by atoms with E-state index >= 15 is 0 Å². The summed E-state index contributed by atoms with van der Waals surface area (Å²) in [5.74, 6) is 0.806. The third-order valence-corrected chi connectivity index (χ3v) is 4.47. The number of hydrogen-bond acceptors (Lipinski definition) is 5. The van der Waals surface area contributed by atoms with Gasteiger partial charge in [0, 0.05) is 18.3 Å². The van der Waals surface area contributed by atoms with Gasteiger partial charge in [-0.3, -0.25) is 9.20 Å². The van der Waals surface area contributed by atoms with E-state index in [1.807, 2.05) is 66.9 Å². The minimum atomic E-state index is -0.663. The molecule has 8 heteroatoms. The highest BCUT2D eigenvalue weighted by Gasteiger charge is 2.22. The fourth-order valence-electron chi connectivity index (χ4n) is 3.03. The molecule has 1 aromatic carbocycles. The second-order valence-electron chi connectivity index (χ2n) is 7.23. The number of methoxy groups -OCH3 is 1. The van der Waals surface area contributed by atoms with Crippen molar-refractivity contribution in [2.45, 2.75) is 32.7 Å². The van der Waals surface area contributed by atoms with Gasteiger partial charge in [-0.2, -0.15) is 0 Å². The van der Waals surface area contributed by atoms with E-state index in [4.69, 9.17) is 0 Å². The van der Waals surface area contributed by atoms with Gasteiger partial charge in [-0.15, -0.1) is 10.2 Å². The zero-order valence-corrected chi connectivity index (χ0v) is 16.8.